The average Bonchev–Trinajstić information content (AvgIpc) is 2.60. The maximum atomic E-state index is 13.1. The van der Waals surface area contributed by atoms with Gasteiger partial charge in [-0.3, -0.25) is 4.79 Å². The maximum absolute atomic E-state index is 13.1. The van der Waals surface area contributed by atoms with Crippen molar-refractivity contribution < 1.29 is 4.79 Å². The van der Waals surface area contributed by atoms with Crippen molar-refractivity contribution in [2.24, 2.45) is 23.2 Å². The van der Waals surface area contributed by atoms with Crippen LogP contribution in [0, 0.1) is 23.2 Å². The summed E-state index contributed by atoms with van der Waals surface area (Å²) >= 11 is 3.61. The van der Waals surface area contributed by atoms with Gasteiger partial charge in [0.15, 0.2) is 0 Å². The monoisotopic (exact) mass is 411 g/mol. The summed E-state index contributed by atoms with van der Waals surface area (Å²) in [7, 11) is 0. The molecular weight excluding hydrogens is 386 g/mol. The molecule has 3 heteroatoms. The lowest BCUT2D eigenvalue weighted by molar-refractivity contribution is -0.0687. The normalized spacial score (nSPS) is 33.4. The fourth-order valence-corrected chi connectivity index (χ4v) is 7.10. The quantitative estimate of drug-likeness (QED) is 0.665. The Morgan fingerprint density at radius 3 is 2.23 bits per heavy atom. The van der Waals surface area contributed by atoms with E-state index in [-0.39, 0.29) is 11.9 Å². The first-order chi connectivity index (χ1) is 12.5. The molecule has 0 aromatic heterocycles. The molecule has 4 saturated carbocycles. The molecule has 4 aliphatic carbocycles. The number of rotatable bonds is 3. The number of carbonyl (C=O) groups excluding carboxylic acids is 1. The Morgan fingerprint density at radius 2 is 1.58 bits per heavy atom. The zero-order valence-corrected chi connectivity index (χ0v) is 16.9. The minimum atomic E-state index is 0.0805. The molecule has 2 nitrogen and oxygen atoms in total. The van der Waals surface area contributed by atoms with Crippen molar-refractivity contribution in [3.8, 4) is 0 Å². The van der Waals surface area contributed by atoms with Gasteiger partial charge in [0, 0.05) is 16.1 Å². The molecule has 0 unspecified atom stereocenters. The molecule has 6 rings (SSSR count). The second kappa shape index (κ2) is 6.09. The molecule has 4 bridgehead atoms. The Labute approximate surface area is 163 Å². The Hall–Kier alpha value is -1.35. The highest BCUT2D eigenvalue weighted by atomic mass is 79.9. The van der Waals surface area contributed by atoms with Gasteiger partial charge in [0.25, 0.3) is 5.91 Å². The van der Waals surface area contributed by atoms with Crippen LogP contribution >= 0.6 is 15.9 Å². The zero-order chi connectivity index (χ0) is 17.9. The number of amides is 1. The first-order valence-corrected chi connectivity index (χ1v) is 10.8. The molecule has 0 saturated heterocycles. The van der Waals surface area contributed by atoms with Gasteiger partial charge >= 0.3 is 0 Å². The molecule has 1 N–H and O–H groups in total. The van der Waals surface area contributed by atoms with E-state index >= 15 is 0 Å². The fourth-order valence-electron chi connectivity index (χ4n) is 6.61. The van der Waals surface area contributed by atoms with Gasteiger partial charge in [-0.1, -0.05) is 40.2 Å². The van der Waals surface area contributed by atoms with Crippen molar-refractivity contribution in [2.75, 3.05) is 0 Å². The average molecular weight is 412 g/mol. The van der Waals surface area contributed by atoms with Crippen LogP contribution in [0.5, 0.6) is 0 Å². The Bertz CT molecular complexity index is 838. The highest BCUT2D eigenvalue weighted by molar-refractivity contribution is 9.10. The Kier molecular flexibility index (Phi) is 3.93. The van der Waals surface area contributed by atoms with Gasteiger partial charge in [-0.2, -0.15) is 0 Å². The number of nitrogens with one attached hydrogen (secondary N) is 1. The van der Waals surface area contributed by atoms with Gasteiger partial charge in [0.1, 0.15) is 0 Å². The van der Waals surface area contributed by atoms with E-state index in [9.17, 15) is 4.79 Å². The smallest absolute Gasteiger partial charge is 0.252 e. The maximum Gasteiger partial charge on any atom is 0.252 e. The number of carbonyl (C=O) groups is 1. The van der Waals surface area contributed by atoms with Crippen molar-refractivity contribution in [1.29, 1.82) is 0 Å². The summed E-state index contributed by atoms with van der Waals surface area (Å²) < 4.78 is 1.04. The fraction of sp³-hybridized carbons (Fsp3) is 0.522. The third-order valence-corrected chi connectivity index (χ3v) is 8.16. The third-order valence-electron chi connectivity index (χ3n) is 7.47. The van der Waals surface area contributed by atoms with Crippen LogP contribution in [0.25, 0.3) is 10.8 Å². The molecule has 4 aliphatic rings. The molecule has 0 aliphatic heterocycles. The molecule has 0 radical (unpaired) electrons. The van der Waals surface area contributed by atoms with Crippen LogP contribution in [-0.2, 0) is 0 Å². The minimum Gasteiger partial charge on any atom is -0.349 e. The van der Waals surface area contributed by atoms with Gasteiger partial charge in [-0.15, -0.1) is 0 Å². The standard InChI is InChI=1S/C23H26BrNO/c1-14(23-11-15-8-16(12-23)10-17(9-15)13-23)25-22(26)20-6-2-5-19-18(20)4-3-7-21(19)24/h2-7,14-17H,8-13H2,1H3,(H,25,26)/t14-,15?,16?,17?,23?/m0/s1. The molecule has 1 atom stereocenters. The molecule has 136 valence electrons. The van der Waals surface area contributed by atoms with E-state index in [1.54, 1.807) is 0 Å². The number of benzene rings is 2. The van der Waals surface area contributed by atoms with Gasteiger partial charge in [-0.05, 0) is 91.5 Å². The number of hydrogen-bond donors (Lipinski definition) is 1. The van der Waals surface area contributed by atoms with E-state index in [1.807, 2.05) is 30.3 Å². The molecule has 0 heterocycles. The lowest BCUT2D eigenvalue weighted by Gasteiger charge is -2.59. The molecule has 2 aromatic rings. The van der Waals surface area contributed by atoms with Crippen molar-refractivity contribution in [1.82, 2.24) is 5.32 Å². The summed E-state index contributed by atoms with van der Waals surface area (Å²) in [4.78, 5) is 13.1. The number of hydrogen-bond acceptors (Lipinski definition) is 1. The summed E-state index contributed by atoms with van der Waals surface area (Å²) in [5, 5.41) is 5.54. The van der Waals surface area contributed by atoms with Crippen molar-refractivity contribution in [3.63, 3.8) is 0 Å². The van der Waals surface area contributed by atoms with Crippen LogP contribution in [0.4, 0.5) is 0 Å². The zero-order valence-electron chi connectivity index (χ0n) is 15.3. The Balaban J connectivity index is 1.42. The summed E-state index contributed by atoms with van der Waals surface area (Å²) in [6.07, 6.45) is 8.29. The van der Waals surface area contributed by atoms with E-state index in [0.717, 1.165) is 38.6 Å². The van der Waals surface area contributed by atoms with Crippen LogP contribution in [0.2, 0.25) is 0 Å². The predicted molar refractivity (Wildman–Crippen MR) is 109 cm³/mol. The van der Waals surface area contributed by atoms with Gasteiger partial charge in [-0.25, -0.2) is 0 Å². The molecule has 0 spiro atoms. The lowest BCUT2D eigenvalue weighted by atomic mass is 9.48. The van der Waals surface area contributed by atoms with Crippen molar-refractivity contribution >= 4 is 32.6 Å². The summed E-state index contributed by atoms with van der Waals surface area (Å²) in [5.74, 6) is 2.81. The van der Waals surface area contributed by atoms with Crippen molar-refractivity contribution in [3.05, 3.63) is 46.4 Å². The molecule has 1 amide bonds. The van der Waals surface area contributed by atoms with Crippen LogP contribution in [0.15, 0.2) is 40.9 Å². The highest BCUT2D eigenvalue weighted by Gasteiger charge is 2.53. The van der Waals surface area contributed by atoms with Crippen molar-refractivity contribution in [2.45, 2.75) is 51.5 Å². The number of fused-ring (bicyclic) bond motifs is 1. The molecule has 4 fully saturated rings. The van der Waals surface area contributed by atoms with Gasteiger partial charge in [0.2, 0.25) is 0 Å². The SMILES string of the molecule is C[C@H](NC(=O)c1cccc2c(Br)cccc12)C12CC3CC(CC(C3)C1)C2. The summed E-state index contributed by atoms with van der Waals surface area (Å²) in [5.41, 5.74) is 1.13. The van der Waals surface area contributed by atoms with E-state index in [4.69, 9.17) is 0 Å². The topological polar surface area (TPSA) is 29.1 Å². The van der Waals surface area contributed by atoms with Crippen LogP contribution in [0.1, 0.15) is 55.8 Å². The van der Waals surface area contributed by atoms with Gasteiger partial charge < -0.3 is 5.32 Å². The first-order valence-electron chi connectivity index (χ1n) is 10.0. The second-order valence-corrected chi connectivity index (χ2v) is 9.97. The minimum absolute atomic E-state index is 0.0805. The van der Waals surface area contributed by atoms with Crippen LogP contribution in [0.3, 0.4) is 0 Å². The van der Waals surface area contributed by atoms with Crippen LogP contribution < -0.4 is 5.32 Å². The predicted octanol–water partition coefficient (Wildman–Crippen LogP) is 5.94. The number of halogens is 1. The lowest BCUT2D eigenvalue weighted by Crippen LogP contribution is -2.55. The van der Waals surface area contributed by atoms with Gasteiger partial charge in [0.05, 0.1) is 0 Å². The second-order valence-electron chi connectivity index (χ2n) is 9.12. The van der Waals surface area contributed by atoms with E-state index < -0.39 is 0 Å². The summed E-state index contributed by atoms with van der Waals surface area (Å²) in [6, 6.07) is 12.3. The Morgan fingerprint density at radius 1 is 1.00 bits per heavy atom. The molecular formula is C23H26BrNO. The van der Waals surface area contributed by atoms with E-state index in [0.29, 0.717) is 5.41 Å². The molecule has 2 aromatic carbocycles. The largest absolute Gasteiger partial charge is 0.349 e. The molecule has 26 heavy (non-hydrogen) atoms. The highest BCUT2D eigenvalue weighted by Crippen LogP contribution is 2.61. The first kappa shape index (κ1) is 16.8. The van der Waals surface area contributed by atoms with Crippen LogP contribution in [-0.4, -0.2) is 11.9 Å². The van der Waals surface area contributed by atoms with E-state index in [2.05, 4.69) is 34.2 Å². The third kappa shape index (κ3) is 2.62. The van der Waals surface area contributed by atoms with E-state index in [1.165, 1.54) is 38.5 Å². The summed E-state index contributed by atoms with van der Waals surface area (Å²) in [6.45, 7) is 2.26.